The largest absolute Gasteiger partial charge is 0.375 e. The van der Waals surface area contributed by atoms with Gasteiger partial charge in [0, 0.05) is 49.3 Å². The maximum atomic E-state index is 7.34. The van der Waals surface area contributed by atoms with Crippen LogP contribution in [0.1, 0.15) is 0 Å². The van der Waals surface area contributed by atoms with Crippen LogP contribution in [-0.4, -0.2) is 61.2 Å². The summed E-state index contributed by atoms with van der Waals surface area (Å²) in [6, 6.07) is 0. The van der Waals surface area contributed by atoms with Crippen molar-refractivity contribution in [3.63, 3.8) is 0 Å². The first-order valence-electron chi connectivity index (χ1n) is 8.59. The highest BCUT2D eigenvalue weighted by Crippen LogP contribution is 2.95. The Bertz CT molecular complexity index is 878. The molecule has 0 radical (unpaired) electrons. The summed E-state index contributed by atoms with van der Waals surface area (Å²) in [5.41, 5.74) is 17.8. The Morgan fingerprint density at radius 2 is 1.10 bits per heavy atom. The van der Waals surface area contributed by atoms with Crippen molar-refractivity contribution in [1.29, 1.82) is 0 Å². The number of rotatable bonds is 4. The lowest BCUT2D eigenvalue weighted by atomic mass is 9.57. The third-order valence-electron chi connectivity index (χ3n) is 7.37. The number of nitrogens with zero attached hydrogens (tertiary/aromatic N) is 2. The molecular weight excluding hydrogens is 502 g/mol. The molecule has 8 nitrogen and oxygen atoms in total. The van der Waals surface area contributed by atoms with E-state index >= 15 is 0 Å². The second kappa shape index (κ2) is 5.58. The highest BCUT2D eigenvalue weighted by molar-refractivity contribution is 7.80. The number of methoxy groups -OCH3 is 2. The van der Waals surface area contributed by atoms with E-state index in [0.29, 0.717) is 11.4 Å². The minimum Gasteiger partial charge on any atom is -0.375 e. The third kappa shape index (κ3) is 1.56. The monoisotopic (exact) mass is 516 g/mol. The van der Waals surface area contributed by atoms with E-state index in [1.165, 1.54) is 14.2 Å². The van der Waals surface area contributed by atoms with Gasteiger partial charge in [-0.05, 0) is 24.4 Å². The zero-order valence-electron chi connectivity index (χ0n) is 15.0. The Kier molecular flexibility index (Phi) is 3.98. The highest BCUT2D eigenvalue weighted by Gasteiger charge is 3.11. The summed E-state index contributed by atoms with van der Waals surface area (Å²) in [5, 5.41) is 8.90. The van der Waals surface area contributed by atoms with Crippen LogP contribution in [0.5, 0.6) is 0 Å². The molecule has 6 N–H and O–H groups in total. The van der Waals surface area contributed by atoms with Gasteiger partial charge >= 0.3 is 0 Å². The summed E-state index contributed by atoms with van der Waals surface area (Å²) < 4.78 is 11.8. The number of alkyl halides is 4. The van der Waals surface area contributed by atoms with Gasteiger partial charge in [0.05, 0.1) is 0 Å². The van der Waals surface area contributed by atoms with Crippen molar-refractivity contribution in [2.45, 2.75) is 25.3 Å². The number of thiocarbonyl (C=S) groups is 2. The number of hydrogen-bond donors (Lipinski definition) is 4. The fourth-order valence-corrected chi connectivity index (χ4v) is 10.3. The van der Waals surface area contributed by atoms with E-state index in [2.05, 4.69) is 21.1 Å². The van der Waals surface area contributed by atoms with Crippen molar-refractivity contribution >= 4 is 92.5 Å². The molecule has 29 heavy (non-hydrogen) atoms. The number of hydrazone groups is 2. The van der Waals surface area contributed by atoms with Gasteiger partial charge in [0.15, 0.2) is 10.2 Å². The Labute approximate surface area is 196 Å². The first-order valence-corrected chi connectivity index (χ1v) is 10.9. The van der Waals surface area contributed by atoms with Crippen LogP contribution in [0.25, 0.3) is 0 Å². The molecule has 5 saturated carbocycles. The van der Waals surface area contributed by atoms with Crippen molar-refractivity contribution in [3.8, 4) is 0 Å². The van der Waals surface area contributed by atoms with Gasteiger partial charge in [-0.2, -0.15) is 10.2 Å². The van der Waals surface area contributed by atoms with Crippen LogP contribution in [0.2, 0.25) is 0 Å². The zero-order chi connectivity index (χ0) is 21.4. The molecule has 8 atom stereocenters. The predicted octanol–water partition coefficient (Wildman–Crippen LogP) is 0.797. The fraction of sp³-hybridized carbons (Fsp3) is 0.733. The summed E-state index contributed by atoms with van der Waals surface area (Å²) in [6.45, 7) is 0. The molecule has 0 aliphatic heterocycles. The Balaban J connectivity index is 1.81. The first kappa shape index (κ1) is 20.7. The molecule has 158 valence electrons. The minimum absolute atomic E-state index is 0.0121. The fourth-order valence-electron chi connectivity index (χ4n) is 6.94. The van der Waals surface area contributed by atoms with Crippen molar-refractivity contribution in [3.05, 3.63) is 0 Å². The van der Waals surface area contributed by atoms with Crippen molar-refractivity contribution in [2.75, 3.05) is 14.2 Å². The molecule has 0 spiro atoms. The second-order valence-electron chi connectivity index (χ2n) is 7.81. The van der Waals surface area contributed by atoms with Gasteiger partial charge in [0.25, 0.3) is 0 Å². The number of halogens is 4. The van der Waals surface area contributed by atoms with E-state index in [1.807, 2.05) is 0 Å². The van der Waals surface area contributed by atoms with E-state index in [4.69, 9.17) is 91.8 Å². The quantitative estimate of drug-likeness (QED) is 0.187. The lowest BCUT2D eigenvalue weighted by molar-refractivity contribution is -0.223. The number of nitrogens with one attached hydrogen (secondary N) is 2. The maximum absolute atomic E-state index is 7.34. The Hall–Kier alpha value is -0.200. The summed E-state index contributed by atoms with van der Waals surface area (Å²) >= 11 is 39.0. The van der Waals surface area contributed by atoms with Gasteiger partial charge in [0.2, 0.25) is 5.79 Å². The molecule has 0 aromatic heterocycles. The molecule has 0 unspecified atom stereocenters. The second-order valence-corrected chi connectivity index (χ2v) is 11.1. The lowest BCUT2D eigenvalue weighted by Gasteiger charge is -2.58. The van der Waals surface area contributed by atoms with Crippen LogP contribution in [-0.2, 0) is 9.47 Å². The first-order chi connectivity index (χ1) is 13.5. The van der Waals surface area contributed by atoms with Crippen molar-refractivity contribution in [1.82, 2.24) is 10.9 Å². The minimum atomic E-state index is -1.50. The average Bonchev–Trinajstić information content (AvgIpc) is 2.96. The normalized spacial score (nSPS) is 54.3. The number of hydrogen-bond acceptors (Lipinski definition) is 6. The number of fused-ring (bicyclic) bond motifs is 2. The van der Waals surface area contributed by atoms with Crippen LogP contribution in [0.15, 0.2) is 10.2 Å². The Morgan fingerprint density at radius 3 is 1.38 bits per heavy atom. The molecule has 0 heterocycles. The standard InChI is InChI=1S/C15H16Cl4N6O2S2/c1-26-15(27-2)13(18)5-6-8(23-25-10(21)29)4-3(7(5)22-24-9(20)28)11(13,16)12(4,17)14(6,15)19/h3-6H,1-2H3,(H3,20,24,28)(H3,21,25,29)/b22-7-,23-8-/t3-,4+,5-,6+,11+,12-,13-,14-/m1/s1. The molecule has 0 aromatic carbocycles. The number of nitrogens with two attached hydrogens (primary N) is 2. The summed E-state index contributed by atoms with van der Waals surface area (Å²) in [6.07, 6.45) is 0. The van der Waals surface area contributed by atoms with Crippen molar-refractivity contribution in [2.24, 2.45) is 45.3 Å². The van der Waals surface area contributed by atoms with Gasteiger partial charge in [-0.3, -0.25) is 10.9 Å². The van der Waals surface area contributed by atoms with Crippen LogP contribution in [0.3, 0.4) is 0 Å². The van der Waals surface area contributed by atoms with Gasteiger partial charge in [-0.15, -0.1) is 46.4 Å². The highest BCUT2D eigenvalue weighted by atomic mass is 35.5. The van der Waals surface area contributed by atoms with E-state index in [9.17, 15) is 0 Å². The van der Waals surface area contributed by atoms with E-state index in [0.717, 1.165) is 0 Å². The van der Waals surface area contributed by atoms with Crippen LogP contribution in [0, 0.1) is 23.7 Å². The molecule has 0 amide bonds. The average molecular weight is 518 g/mol. The summed E-state index contributed by atoms with van der Waals surface area (Å²) in [7, 11) is 2.94. The van der Waals surface area contributed by atoms with Crippen molar-refractivity contribution < 1.29 is 9.47 Å². The smallest absolute Gasteiger partial charge is 0.211 e. The van der Waals surface area contributed by atoms with Crippen LogP contribution in [0.4, 0.5) is 0 Å². The van der Waals surface area contributed by atoms with Gasteiger partial charge in [0.1, 0.15) is 19.5 Å². The SMILES string of the molecule is COC1(OC)[C@@]2(Cl)[C@@H]3/C(=N\NC(N)=S)[C@@H]4[C@@H]5/C(=N/NC(N)=S)[C@@H]3[C@@]1(Cl)[C@@]5(Cl)[C@]42Cl. The molecule has 5 aliphatic rings. The molecule has 2 bridgehead atoms. The molecule has 5 fully saturated rings. The summed E-state index contributed by atoms with van der Waals surface area (Å²) in [5.74, 6) is -3.27. The lowest BCUT2D eigenvalue weighted by Crippen LogP contribution is -2.73. The third-order valence-corrected chi connectivity index (χ3v) is 11.1. The van der Waals surface area contributed by atoms with Gasteiger partial charge in [-0.1, -0.05) is 0 Å². The zero-order valence-corrected chi connectivity index (χ0v) is 19.7. The molecular formula is C15H16Cl4N6O2S2. The molecule has 5 rings (SSSR count). The van der Waals surface area contributed by atoms with E-state index in [-0.39, 0.29) is 22.1 Å². The Morgan fingerprint density at radius 1 is 0.793 bits per heavy atom. The van der Waals surface area contributed by atoms with E-state index in [1.54, 1.807) is 0 Å². The molecule has 5 aliphatic carbocycles. The summed E-state index contributed by atoms with van der Waals surface area (Å²) in [4.78, 5) is -5.06. The molecule has 14 heteroatoms. The van der Waals surface area contributed by atoms with Gasteiger partial charge < -0.3 is 20.9 Å². The maximum Gasteiger partial charge on any atom is 0.211 e. The van der Waals surface area contributed by atoms with Gasteiger partial charge in [-0.25, -0.2) is 0 Å². The predicted molar refractivity (Wildman–Crippen MR) is 120 cm³/mol. The van der Waals surface area contributed by atoms with E-state index < -0.39 is 37.1 Å². The number of ether oxygens (including phenoxy) is 2. The molecule has 0 aromatic rings. The molecule has 0 saturated heterocycles. The van der Waals surface area contributed by atoms with Crippen LogP contribution < -0.4 is 22.3 Å². The van der Waals surface area contributed by atoms with Crippen LogP contribution >= 0.6 is 70.8 Å². The topological polar surface area (TPSA) is 119 Å².